The minimum atomic E-state index is -4.78. The number of carbonyl (C=O) groups is 1. The number of benzene rings is 1. The third-order valence-corrected chi connectivity index (χ3v) is 5.44. The number of hydrogen-bond donors (Lipinski definition) is 2. The van der Waals surface area contributed by atoms with Crippen molar-refractivity contribution in [2.45, 2.75) is 44.1 Å². The molecule has 33 heavy (non-hydrogen) atoms. The summed E-state index contributed by atoms with van der Waals surface area (Å²) in [6.07, 6.45) is -3.94. The number of aryl methyl sites for hydroxylation is 1. The Bertz CT molecular complexity index is 974. The number of aromatic nitrogens is 1. The molecule has 0 aliphatic carbocycles. The quantitative estimate of drug-likeness (QED) is 0.651. The lowest BCUT2D eigenvalue weighted by Gasteiger charge is -2.19. The SMILES string of the molecule is Cc1ncccc1O[C@H]1CO[C@H]2[C@@H]1OC[C@@H]2NC(=O)NCCc1ccccc1OC(F)(F)F. The van der Waals surface area contributed by atoms with Crippen molar-refractivity contribution in [1.82, 2.24) is 15.6 Å². The Morgan fingerprint density at radius 3 is 2.67 bits per heavy atom. The molecule has 0 spiro atoms. The van der Waals surface area contributed by atoms with E-state index < -0.39 is 12.4 Å². The van der Waals surface area contributed by atoms with Crippen molar-refractivity contribution in [3.8, 4) is 11.5 Å². The van der Waals surface area contributed by atoms with Crippen LogP contribution >= 0.6 is 0 Å². The molecule has 2 N–H and O–H groups in total. The largest absolute Gasteiger partial charge is 0.573 e. The number of nitrogens with one attached hydrogen (secondary N) is 2. The summed E-state index contributed by atoms with van der Waals surface area (Å²) in [5.41, 5.74) is 1.10. The first-order chi connectivity index (χ1) is 15.8. The number of alkyl halides is 3. The summed E-state index contributed by atoms with van der Waals surface area (Å²) < 4.78 is 59.3. The fraction of sp³-hybridized carbons (Fsp3) is 0.455. The summed E-state index contributed by atoms with van der Waals surface area (Å²) in [7, 11) is 0. The van der Waals surface area contributed by atoms with Crippen LogP contribution in [-0.4, -0.2) is 61.5 Å². The van der Waals surface area contributed by atoms with Gasteiger partial charge in [0.25, 0.3) is 0 Å². The van der Waals surface area contributed by atoms with Crippen molar-refractivity contribution >= 4 is 6.03 Å². The van der Waals surface area contributed by atoms with Crippen LogP contribution < -0.4 is 20.1 Å². The molecule has 2 aromatic rings. The summed E-state index contributed by atoms with van der Waals surface area (Å²) >= 11 is 0. The molecule has 2 amide bonds. The van der Waals surface area contributed by atoms with Crippen LogP contribution in [0.4, 0.5) is 18.0 Å². The normalized spacial score (nSPS) is 24.2. The second-order valence-electron chi connectivity index (χ2n) is 7.75. The zero-order chi connectivity index (χ0) is 23.4. The number of ether oxygens (including phenoxy) is 4. The van der Waals surface area contributed by atoms with E-state index in [2.05, 4.69) is 20.4 Å². The van der Waals surface area contributed by atoms with E-state index in [0.29, 0.717) is 17.9 Å². The van der Waals surface area contributed by atoms with Crippen LogP contribution in [0.2, 0.25) is 0 Å². The second kappa shape index (κ2) is 9.84. The molecule has 178 valence electrons. The molecule has 3 heterocycles. The lowest BCUT2D eigenvalue weighted by atomic mass is 10.1. The topological polar surface area (TPSA) is 90.9 Å². The van der Waals surface area contributed by atoms with Gasteiger partial charge in [-0.2, -0.15) is 0 Å². The molecule has 11 heteroatoms. The lowest BCUT2D eigenvalue weighted by Crippen LogP contribution is -2.48. The van der Waals surface area contributed by atoms with Crippen LogP contribution in [0.3, 0.4) is 0 Å². The molecule has 1 aromatic heterocycles. The number of hydrogen-bond acceptors (Lipinski definition) is 6. The minimum Gasteiger partial charge on any atom is -0.483 e. The van der Waals surface area contributed by atoms with E-state index in [1.165, 1.54) is 18.2 Å². The van der Waals surface area contributed by atoms with Crippen LogP contribution in [0.5, 0.6) is 11.5 Å². The summed E-state index contributed by atoms with van der Waals surface area (Å²) in [4.78, 5) is 16.5. The highest BCUT2D eigenvalue weighted by atomic mass is 19.4. The van der Waals surface area contributed by atoms with Crippen molar-refractivity contribution < 1.29 is 36.9 Å². The van der Waals surface area contributed by atoms with Crippen LogP contribution in [-0.2, 0) is 15.9 Å². The average Bonchev–Trinajstić information content (AvgIpc) is 3.33. The Morgan fingerprint density at radius 1 is 1.12 bits per heavy atom. The molecular formula is C22H24F3N3O5. The smallest absolute Gasteiger partial charge is 0.483 e. The summed E-state index contributed by atoms with van der Waals surface area (Å²) in [5.74, 6) is 0.368. The van der Waals surface area contributed by atoms with Crippen molar-refractivity contribution in [2.24, 2.45) is 0 Å². The summed E-state index contributed by atoms with van der Waals surface area (Å²) in [6, 6.07) is 8.59. The van der Waals surface area contributed by atoms with Gasteiger partial charge in [-0.25, -0.2) is 4.79 Å². The molecule has 0 bridgehead atoms. The number of carbonyl (C=O) groups excluding carboxylic acids is 1. The van der Waals surface area contributed by atoms with Gasteiger partial charge in [-0.3, -0.25) is 4.98 Å². The van der Waals surface area contributed by atoms with E-state index in [1.807, 2.05) is 13.0 Å². The van der Waals surface area contributed by atoms with E-state index in [0.717, 1.165) is 5.69 Å². The van der Waals surface area contributed by atoms with Gasteiger partial charge in [0.15, 0.2) is 6.10 Å². The third kappa shape index (κ3) is 5.85. The first-order valence-corrected chi connectivity index (χ1v) is 10.5. The van der Waals surface area contributed by atoms with Gasteiger partial charge < -0.3 is 29.6 Å². The molecule has 2 saturated heterocycles. The van der Waals surface area contributed by atoms with E-state index >= 15 is 0 Å². The summed E-state index contributed by atoms with van der Waals surface area (Å²) in [6.45, 7) is 2.55. The highest BCUT2D eigenvalue weighted by molar-refractivity contribution is 5.74. The van der Waals surface area contributed by atoms with Gasteiger partial charge in [-0.1, -0.05) is 18.2 Å². The number of halogens is 3. The molecule has 2 aliphatic rings. The van der Waals surface area contributed by atoms with Crippen LogP contribution in [0.15, 0.2) is 42.6 Å². The van der Waals surface area contributed by atoms with Crippen molar-refractivity contribution in [2.75, 3.05) is 19.8 Å². The zero-order valence-corrected chi connectivity index (χ0v) is 17.8. The van der Waals surface area contributed by atoms with Crippen molar-refractivity contribution in [1.29, 1.82) is 0 Å². The number of rotatable bonds is 7. The van der Waals surface area contributed by atoms with Crippen molar-refractivity contribution in [3.63, 3.8) is 0 Å². The third-order valence-electron chi connectivity index (χ3n) is 5.44. The maximum atomic E-state index is 12.5. The highest BCUT2D eigenvalue weighted by Gasteiger charge is 2.49. The van der Waals surface area contributed by atoms with Crippen LogP contribution in [0, 0.1) is 6.92 Å². The first kappa shape index (κ1) is 23.1. The number of fused-ring (bicyclic) bond motifs is 1. The molecule has 2 aliphatic heterocycles. The summed E-state index contributed by atoms with van der Waals surface area (Å²) in [5, 5.41) is 5.46. The Balaban J connectivity index is 1.25. The van der Waals surface area contributed by atoms with Gasteiger partial charge in [-0.05, 0) is 37.1 Å². The number of para-hydroxylation sites is 1. The van der Waals surface area contributed by atoms with Gasteiger partial charge in [0, 0.05) is 12.7 Å². The fourth-order valence-electron chi connectivity index (χ4n) is 3.91. The number of nitrogens with zero attached hydrogens (tertiary/aromatic N) is 1. The molecule has 0 radical (unpaired) electrons. The maximum absolute atomic E-state index is 12.5. The van der Waals surface area contributed by atoms with Gasteiger partial charge in [0.2, 0.25) is 0 Å². The van der Waals surface area contributed by atoms with Crippen molar-refractivity contribution in [3.05, 3.63) is 53.9 Å². The average molecular weight is 467 g/mol. The van der Waals surface area contributed by atoms with Gasteiger partial charge in [0.1, 0.15) is 23.7 Å². The molecule has 1 aromatic carbocycles. The van der Waals surface area contributed by atoms with E-state index in [9.17, 15) is 18.0 Å². The Labute approximate surface area is 188 Å². The predicted molar refractivity (Wildman–Crippen MR) is 110 cm³/mol. The Hall–Kier alpha value is -3.05. The standard InChI is InChI=1S/C22H24F3N3O5/c1-13-16(7-4-9-26-13)32-18-12-31-19-15(11-30-20(18)19)28-21(29)27-10-8-14-5-2-3-6-17(14)33-22(23,24)25/h2-7,9,15,18-20H,8,10-12H2,1H3,(H2,27,28,29)/t15-,18-,19+,20+/m0/s1. The van der Waals surface area contributed by atoms with Crippen LogP contribution in [0.25, 0.3) is 0 Å². The first-order valence-electron chi connectivity index (χ1n) is 10.5. The molecule has 0 saturated carbocycles. The number of amides is 2. The van der Waals surface area contributed by atoms with Gasteiger partial charge >= 0.3 is 12.4 Å². The molecule has 4 atom stereocenters. The Morgan fingerprint density at radius 2 is 1.88 bits per heavy atom. The molecule has 0 unspecified atom stereocenters. The molecule has 4 rings (SSSR count). The monoisotopic (exact) mass is 467 g/mol. The van der Waals surface area contributed by atoms with Gasteiger partial charge in [0.05, 0.1) is 24.9 Å². The highest BCUT2D eigenvalue weighted by Crippen LogP contribution is 2.31. The maximum Gasteiger partial charge on any atom is 0.573 e. The van der Waals surface area contributed by atoms with E-state index in [1.54, 1.807) is 18.3 Å². The Kier molecular flexibility index (Phi) is 6.89. The lowest BCUT2D eigenvalue weighted by molar-refractivity contribution is -0.274. The molecule has 2 fully saturated rings. The molecule has 8 nitrogen and oxygen atoms in total. The van der Waals surface area contributed by atoms with Gasteiger partial charge in [-0.15, -0.1) is 13.2 Å². The fourth-order valence-corrected chi connectivity index (χ4v) is 3.91. The predicted octanol–water partition coefficient (Wildman–Crippen LogP) is 2.74. The zero-order valence-electron chi connectivity index (χ0n) is 17.8. The number of pyridine rings is 1. The van der Waals surface area contributed by atoms with E-state index in [-0.39, 0.29) is 49.7 Å². The second-order valence-corrected chi connectivity index (χ2v) is 7.75. The van der Waals surface area contributed by atoms with Crippen LogP contribution in [0.1, 0.15) is 11.3 Å². The molecular weight excluding hydrogens is 443 g/mol. The van der Waals surface area contributed by atoms with E-state index in [4.69, 9.17) is 14.2 Å². The minimum absolute atomic E-state index is 0.124. The number of urea groups is 1.